The van der Waals surface area contributed by atoms with E-state index in [0.717, 1.165) is 39.2 Å². The van der Waals surface area contributed by atoms with Crippen LogP contribution in [-0.2, 0) is 9.53 Å². The van der Waals surface area contributed by atoms with Crippen LogP contribution in [0.1, 0.15) is 29.9 Å². The van der Waals surface area contributed by atoms with E-state index in [2.05, 4.69) is 28.3 Å². The third kappa shape index (κ3) is 5.33. The van der Waals surface area contributed by atoms with Crippen molar-refractivity contribution in [2.75, 3.05) is 38.2 Å². The molecule has 8 nitrogen and oxygen atoms in total. The molecule has 4 aromatic rings. The zero-order valence-electron chi connectivity index (χ0n) is 20.8. The zero-order chi connectivity index (χ0) is 25.1. The first-order valence-electron chi connectivity index (χ1n) is 12.1. The second-order valence-corrected chi connectivity index (χ2v) is 9.04. The van der Waals surface area contributed by atoms with Crippen LogP contribution in [0.3, 0.4) is 0 Å². The van der Waals surface area contributed by atoms with Crippen molar-refractivity contribution in [2.45, 2.75) is 26.8 Å². The lowest BCUT2D eigenvalue weighted by Gasteiger charge is -2.26. The predicted octanol–water partition coefficient (Wildman–Crippen LogP) is 4.92. The van der Waals surface area contributed by atoms with Gasteiger partial charge in [-0.1, -0.05) is 12.1 Å². The number of hydrogen-bond donors (Lipinski definition) is 1. The molecule has 8 heteroatoms. The minimum absolute atomic E-state index is 0.0141. The van der Waals surface area contributed by atoms with Crippen molar-refractivity contribution in [3.8, 4) is 17.0 Å². The monoisotopic (exact) mass is 486 g/mol. The summed E-state index contributed by atoms with van der Waals surface area (Å²) < 4.78 is 16.7. The van der Waals surface area contributed by atoms with Crippen LogP contribution in [-0.4, -0.2) is 53.7 Å². The number of anilines is 1. The average molecular weight is 487 g/mol. The lowest BCUT2D eigenvalue weighted by Crippen LogP contribution is -2.42. The van der Waals surface area contributed by atoms with E-state index >= 15 is 0 Å². The molecule has 186 valence electrons. The van der Waals surface area contributed by atoms with Crippen LogP contribution in [0.15, 0.2) is 59.2 Å². The van der Waals surface area contributed by atoms with Crippen molar-refractivity contribution in [1.82, 2.24) is 14.9 Å². The zero-order valence-corrected chi connectivity index (χ0v) is 20.8. The number of aromatic nitrogens is 2. The first-order chi connectivity index (χ1) is 17.5. The van der Waals surface area contributed by atoms with Gasteiger partial charge in [-0.2, -0.15) is 0 Å². The smallest absolute Gasteiger partial charge is 0.260 e. The number of amides is 1. The van der Waals surface area contributed by atoms with Crippen LogP contribution in [0.2, 0.25) is 0 Å². The van der Waals surface area contributed by atoms with Gasteiger partial charge in [0, 0.05) is 30.1 Å². The molecular weight excluding hydrogens is 456 g/mol. The molecule has 1 N–H and O–H groups in total. The van der Waals surface area contributed by atoms with Gasteiger partial charge in [0.25, 0.3) is 5.91 Å². The van der Waals surface area contributed by atoms with E-state index in [0.29, 0.717) is 37.9 Å². The van der Waals surface area contributed by atoms with Gasteiger partial charge in [0.15, 0.2) is 6.61 Å². The summed E-state index contributed by atoms with van der Waals surface area (Å²) in [6, 6.07) is 15.8. The molecule has 3 heterocycles. The molecule has 1 aliphatic heterocycles. The third-order valence-corrected chi connectivity index (χ3v) is 6.35. The standard InChI is InChI=1S/C28H30N4O4/c1-18-16-36-26-8-7-22(14-24(18)26)25-15-27(31-20(3)30-25)29-19(2)21-5-4-6-23(13-21)35-17-28(33)32-9-11-34-12-10-32/h4-8,13-16,19H,9-12,17H2,1-3H3,(H,29,30,31)/t19-/m1/s1. The molecule has 0 spiro atoms. The molecule has 0 radical (unpaired) electrons. The maximum absolute atomic E-state index is 12.4. The van der Waals surface area contributed by atoms with E-state index < -0.39 is 0 Å². The summed E-state index contributed by atoms with van der Waals surface area (Å²) >= 11 is 0. The number of morpholine rings is 1. The Kier molecular flexibility index (Phi) is 6.86. The number of aryl methyl sites for hydroxylation is 2. The Balaban J connectivity index is 1.28. The molecule has 0 unspecified atom stereocenters. The molecular formula is C28H30N4O4. The van der Waals surface area contributed by atoms with E-state index in [1.54, 1.807) is 11.2 Å². The summed E-state index contributed by atoms with van der Waals surface area (Å²) in [5, 5.41) is 4.56. The lowest BCUT2D eigenvalue weighted by molar-refractivity contribution is -0.137. The second kappa shape index (κ2) is 10.4. The van der Waals surface area contributed by atoms with Crippen molar-refractivity contribution in [3.05, 3.63) is 71.7 Å². The molecule has 1 atom stereocenters. The highest BCUT2D eigenvalue weighted by atomic mass is 16.5. The van der Waals surface area contributed by atoms with Crippen LogP contribution >= 0.6 is 0 Å². The van der Waals surface area contributed by atoms with Gasteiger partial charge in [0.05, 0.1) is 31.2 Å². The largest absolute Gasteiger partial charge is 0.484 e. The summed E-state index contributed by atoms with van der Waals surface area (Å²) in [5.41, 5.74) is 4.84. The summed E-state index contributed by atoms with van der Waals surface area (Å²) in [5.74, 6) is 2.06. The maximum atomic E-state index is 12.4. The molecule has 1 saturated heterocycles. The molecule has 2 aromatic carbocycles. The minimum atomic E-state index is -0.0377. The van der Waals surface area contributed by atoms with Crippen LogP contribution in [0.5, 0.6) is 5.75 Å². The fourth-order valence-corrected chi connectivity index (χ4v) is 4.33. The molecule has 5 rings (SSSR count). The fraction of sp³-hybridized carbons (Fsp3) is 0.321. The summed E-state index contributed by atoms with van der Waals surface area (Å²) in [6.07, 6.45) is 1.77. The van der Waals surface area contributed by atoms with Crippen LogP contribution < -0.4 is 10.1 Å². The average Bonchev–Trinajstić information content (AvgIpc) is 3.27. The first kappa shape index (κ1) is 23.8. The van der Waals surface area contributed by atoms with Crippen molar-refractivity contribution >= 4 is 22.7 Å². The van der Waals surface area contributed by atoms with Gasteiger partial charge in [0.1, 0.15) is 23.0 Å². The molecule has 2 aromatic heterocycles. The number of carbonyl (C=O) groups excluding carboxylic acids is 1. The highest BCUT2D eigenvalue weighted by molar-refractivity contribution is 5.85. The number of nitrogens with zero attached hydrogens (tertiary/aromatic N) is 3. The molecule has 1 aliphatic rings. The Labute approximate surface area is 210 Å². The van der Waals surface area contributed by atoms with Gasteiger partial charge in [-0.3, -0.25) is 4.79 Å². The van der Waals surface area contributed by atoms with Crippen molar-refractivity contribution in [1.29, 1.82) is 0 Å². The van der Waals surface area contributed by atoms with Crippen molar-refractivity contribution < 1.29 is 18.7 Å². The number of rotatable bonds is 7. The highest BCUT2D eigenvalue weighted by Crippen LogP contribution is 2.29. The summed E-state index contributed by atoms with van der Waals surface area (Å²) in [4.78, 5) is 23.4. The number of benzene rings is 2. The Morgan fingerprint density at radius 3 is 2.78 bits per heavy atom. The van der Waals surface area contributed by atoms with E-state index in [1.165, 1.54) is 0 Å². The molecule has 0 aliphatic carbocycles. The Hall–Kier alpha value is -3.91. The predicted molar refractivity (Wildman–Crippen MR) is 138 cm³/mol. The van der Waals surface area contributed by atoms with Crippen molar-refractivity contribution in [3.63, 3.8) is 0 Å². The first-order valence-corrected chi connectivity index (χ1v) is 12.1. The second-order valence-electron chi connectivity index (χ2n) is 9.04. The number of furan rings is 1. The van der Waals surface area contributed by atoms with E-state index in [-0.39, 0.29) is 18.6 Å². The maximum Gasteiger partial charge on any atom is 0.260 e. The quantitative estimate of drug-likeness (QED) is 0.397. The Morgan fingerprint density at radius 2 is 1.94 bits per heavy atom. The molecule has 36 heavy (non-hydrogen) atoms. The van der Waals surface area contributed by atoms with Crippen LogP contribution in [0.4, 0.5) is 5.82 Å². The van der Waals surface area contributed by atoms with Gasteiger partial charge in [0.2, 0.25) is 0 Å². The van der Waals surface area contributed by atoms with Crippen LogP contribution in [0.25, 0.3) is 22.2 Å². The number of carbonyl (C=O) groups is 1. The van der Waals surface area contributed by atoms with Gasteiger partial charge in [-0.15, -0.1) is 0 Å². The number of ether oxygens (including phenoxy) is 2. The van der Waals surface area contributed by atoms with Gasteiger partial charge in [-0.05, 0) is 62.2 Å². The molecule has 1 fully saturated rings. The number of nitrogens with one attached hydrogen (secondary N) is 1. The lowest BCUT2D eigenvalue weighted by atomic mass is 10.1. The Morgan fingerprint density at radius 1 is 1.11 bits per heavy atom. The highest BCUT2D eigenvalue weighted by Gasteiger charge is 2.17. The third-order valence-electron chi connectivity index (χ3n) is 6.35. The fourth-order valence-electron chi connectivity index (χ4n) is 4.33. The number of fused-ring (bicyclic) bond motifs is 1. The summed E-state index contributed by atoms with van der Waals surface area (Å²) in [6.45, 7) is 8.37. The van der Waals surface area contributed by atoms with E-state index in [9.17, 15) is 4.79 Å². The van der Waals surface area contributed by atoms with Gasteiger partial charge >= 0.3 is 0 Å². The van der Waals surface area contributed by atoms with Crippen molar-refractivity contribution in [2.24, 2.45) is 0 Å². The molecule has 1 amide bonds. The topological polar surface area (TPSA) is 89.7 Å². The Bertz CT molecular complexity index is 1380. The molecule has 0 saturated carbocycles. The van der Waals surface area contributed by atoms with Gasteiger partial charge < -0.3 is 24.1 Å². The normalized spacial score (nSPS) is 14.6. The van der Waals surface area contributed by atoms with Crippen LogP contribution in [0, 0.1) is 13.8 Å². The minimum Gasteiger partial charge on any atom is -0.484 e. The SMILES string of the molecule is Cc1nc(N[C@H](C)c2cccc(OCC(=O)N3CCOCC3)c2)cc(-c2ccc3occ(C)c3c2)n1. The summed E-state index contributed by atoms with van der Waals surface area (Å²) in [7, 11) is 0. The van der Waals surface area contributed by atoms with E-state index in [4.69, 9.17) is 13.9 Å². The number of hydrogen-bond acceptors (Lipinski definition) is 7. The molecule has 0 bridgehead atoms. The van der Waals surface area contributed by atoms with E-state index in [1.807, 2.05) is 56.3 Å². The van der Waals surface area contributed by atoms with Gasteiger partial charge in [-0.25, -0.2) is 9.97 Å².